The minimum absolute atomic E-state index is 0.0829. The summed E-state index contributed by atoms with van der Waals surface area (Å²) in [6, 6.07) is 10.9. The van der Waals surface area contributed by atoms with Crippen molar-refractivity contribution in [3.05, 3.63) is 58.1 Å². The fraction of sp³-hybridized carbons (Fsp3) is 0.300. The zero-order valence-corrected chi connectivity index (χ0v) is 16.6. The average molecular weight is 389 g/mol. The van der Waals surface area contributed by atoms with Crippen LogP contribution in [0.5, 0.6) is 0 Å². The molecule has 0 aliphatic carbocycles. The van der Waals surface area contributed by atoms with Gasteiger partial charge in [-0.3, -0.25) is 9.59 Å². The molecule has 0 bridgehead atoms. The topological polar surface area (TPSA) is 49.4 Å². The first-order chi connectivity index (χ1) is 12.4. The number of halogens is 1. The fourth-order valence-electron chi connectivity index (χ4n) is 3.22. The average Bonchev–Trinajstić information content (AvgIpc) is 2.95. The van der Waals surface area contributed by atoms with Crippen LogP contribution in [0.15, 0.2) is 41.3 Å². The number of hydrogen-bond donors (Lipinski definition) is 1. The number of amides is 2. The Balaban J connectivity index is 1.75. The van der Waals surface area contributed by atoms with E-state index in [4.69, 9.17) is 11.6 Å². The van der Waals surface area contributed by atoms with Crippen LogP contribution >= 0.6 is 23.4 Å². The van der Waals surface area contributed by atoms with Gasteiger partial charge in [-0.15, -0.1) is 11.8 Å². The zero-order valence-electron chi connectivity index (χ0n) is 15.0. The van der Waals surface area contributed by atoms with Gasteiger partial charge < -0.3 is 10.2 Å². The summed E-state index contributed by atoms with van der Waals surface area (Å²) >= 11 is 7.70. The predicted molar refractivity (Wildman–Crippen MR) is 107 cm³/mol. The maximum Gasteiger partial charge on any atom is 0.253 e. The second-order valence-corrected chi connectivity index (χ2v) is 7.78. The van der Waals surface area contributed by atoms with Crippen LogP contribution in [0, 0.1) is 13.8 Å². The fourth-order valence-corrected chi connectivity index (χ4v) is 3.86. The van der Waals surface area contributed by atoms with Crippen molar-refractivity contribution < 1.29 is 9.59 Å². The molecule has 1 aliphatic heterocycles. The van der Waals surface area contributed by atoms with Gasteiger partial charge in [0.15, 0.2) is 0 Å². The second-order valence-electron chi connectivity index (χ2n) is 6.50. The standard InChI is InChI=1S/C20H21ClN2O2S/c1-12-8-13(2)10-14(9-12)23-7-6-18(20(23)25)22-19(24)16-11-15(26-3)4-5-17(16)21/h4-5,8-11,18H,6-7H2,1-3H3,(H,22,24)/t18-/m0/s1. The van der Waals surface area contributed by atoms with E-state index in [0.29, 0.717) is 23.6 Å². The van der Waals surface area contributed by atoms with Gasteiger partial charge in [0.2, 0.25) is 5.91 Å². The maximum atomic E-state index is 12.8. The van der Waals surface area contributed by atoms with E-state index in [0.717, 1.165) is 21.7 Å². The van der Waals surface area contributed by atoms with Gasteiger partial charge in [-0.25, -0.2) is 0 Å². The number of nitrogens with one attached hydrogen (secondary N) is 1. The van der Waals surface area contributed by atoms with Crippen LogP contribution in [-0.4, -0.2) is 30.7 Å². The highest BCUT2D eigenvalue weighted by molar-refractivity contribution is 7.98. The predicted octanol–water partition coefficient (Wildman–Crippen LogP) is 4.21. The summed E-state index contributed by atoms with van der Waals surface area (Å²) in [5, 5.41) is 3.23. The van der Waals surface area contributed by atoms with E-state index in [9.17, 15) is 9.59 Å². The third-order valence-electron chi connectivity index (χ3n) is 4.45. The highest BCUT2D eigenvalue weighted by atomic mass is 35.5. The summed E-state index contributed by atoms with van der Waals surface area (Å²) in [4.78, 5) is 28.1. The largest absolute Gasteiger partial charge is 0.340 e. The molecule has 1 saturated heterocycles. The minimum Gasteiger partial charge on any atom is -0.340 e. The van der Waals surface area contributed by atoms with Crippen LogP contribution in [0.25, 0.3) is 0 Å². The molecule has 136 valence electrons. The van der Waals surface area contributed by atoms with Gasteiger partial charge in [0.1, 0.15) is 6.04 Å². The Bertz CT molecular complexity index is 849. The number of carbonyl (C=O) groups excluding carboxylic acids is 2. The van der Waals surface area contributed by atoms with Gasteiger partial charge in [-0.05, 0) is 68.0 Å². The van der Waals surface area contributed by atoms with Crippen molar-refractivity contribution in [2.45, 2.75) is 31.2 Å². The molecular weight excluding hydrogens is 368 g/mol. The molecule has 3 rings (SSSR count). The van der Waals surface area contributed by atoms with Crippen LogP contribution in [0.1, 0.15) is 27.9 Å². The number of carbonyl (C=O) groups is 2. The van der Waals surface area contributed by atoms with Crippen molar-refractivity contribution >= 4 is 40.9 Å². The van der Waals surface area contributed by atoms with E-state index in [1.54, 1.807) is 17.0 Å². The van der Waals surface area contributed by atoms with Crippen molar-refractivity contribution in [1.82, 2.24) is 5.32 Å². The van der Waals surface area contributed by atoms with Crippen molar-refractivity contribution in [3.63, 3.8) is 0 Å². The molecule has 6 heteroatoms. The molecule has 26 heavy (non-hydrogen) atoms. The van der Waals surface area contributed by atoms with E-state index in [1.165, 1.54) is 11.8 Å². The lowest BCUT2D eigenvalue weighted by Gasteiger charge is -2.19. The van der Waals surface area contributed by atoms with Crippen molar-refractivity contribution in [2.24, 2.45) is 0 Å². The lowest BCUT2D eigenvalue weighted by atomic mass is 10.1. The Labute approximate surface area is 162 Å². The van der Waals surface area contributed by atoms with E-state index >= 15 is 0 Å². The Morgan fingerprint density at radius 1 is 1.19 bits per heavy atom. The monoisotopic (exact) mass is 388 g/mol. The van der Waals surface area contributed by atoms with E-state index in [2.05, 4.69) is 11.4 Å². The molecule has 0 saturated carbocycles. The first kappa shape index (κ1) is 18.8. The molecule has 0 unspecified atom stereocenters. The molecule has 2 amide bonds. The molecule has 1 heterocycles. The third kappa shape index (κ3) is 3.89. The van der Waals surface area contributed by atoms with Gasteiger partial charge in [-0.2, -0.15) is 0 Å². The molecule has 4 nitrogen and oxygen atoms in total. The summed E-state index contributed by atoms with van der Waals surface area (Å²) in [5.41, 5.74) is 3.50. The first-order valence-electron chi connectivity index (χ1n) is 8.43. The summed E-state index contributed by atoms with van der Waals surface area (Å²) in [5.74, 6) is -0.396. The van der Waals surface area contributed by atoms with Gasteiger partial charge in [-0.1, -0.05) is 17.7 Å². The number of anilines is 1. The summed E-state index contributed by atoms with van der Waals surface area (Å²) < 4.78 is 0. The van der Waals surface area contributed by atoms with Crippen molar-refractivity contribution in [1.29, 1.82) is 0 Å². The number of nitrogens with zero attached hydrogens (tertiary/aromatic N) is 1. The van der Waals surface area contributed by atoms with E-state index in [-0.39, 0.29) is 11.8 Å². The molecule has 1 N–H and O–H groups in total. The van der Waals surface area contributed by atoms with Crippen LogP contribution in [0.4, 0.5) is 5.69 Å². The Morgan fingerprint density at radius 2 is 1.88 bits per heavy atom. The molecule has 2 aromatic rings. The molecule has 0 aromatic heterocycles. The first-order valence-corrected chi connectivity index (χ1v) is 10.0. The quantitative estimate of drug-likeness (QED) is 0.798. The number of hydrogen-bond acceptors (Lipinski definition) is 3. The maximum absolute atomic E-state index is 12.8. The Hall–Kier alpha value is -1.98. The number of benzene rings is 2. The molecule has 0 radical (unpaired) electrons. The van der Waals surface area contributed by atoms with Gasteiger partial charge >= 0.3 is 0 Å². The number of aryl methyl sites for hydroxylation is 2. The van der Waals surface area contributed by atoms with Crippen LogP contribution in [0.3, 0.4) is 0 Å². The number of rotatable bonds is 4. The molecule has 2 aromatic carbocycles. The SMILES string of the molecule is CSc1ccc(Cl)c(C(=O)N[C@H]2CCN(c3cc(C)cc(C)c3)C2=O)c1. The molecule has 0 spiro atoms. The normalized spacial score (nSPS) is 16.8. The Morgan fingerprint density at radius 3 is 2.54 bits per heavy atom. The van der Waals surface area contributed by atoms with Gasteiger partial charge in [0, 0.05) is 17.1 Å². The van der Waals surface area contributed by atoms with Crippen molar-refractivity contribution in [2.75, 3.05) is 17.7 Å². The van der Waals surface area contributed by atoms with Crippen LogP contribution in [-0.2, 0) is 4.79 Å². The summed E-state index contributed by atoms with van der Waals surface area (Å²) in [6.45, 7) is 4.61. The van der Waals surface area contributed by atoms with E-state index < -0.39 is 6.04 Å². The highest BCUT2D eigenvalue weighted by Crippen LogP contribution is 2.26. The lowest BCUT2D eigenvalue weighted by Crippen LogP contribution is -2.41. The smallest absolute Gasteiger partial charge is 0.253 e. The Kier molecular flexibility index (Phi) is 5.58. The lowest BCUT2D eigenvalue weighted by molar-refractivity contribution is -0.118. The van der Waals surface area contributed by atoms with Gasteiger partial charge in [0.25, 0.3) is 5.91 Å². The number of thioether (sulfide) groups is 1. The summed E-state index contributed by atoms with van der Waals surface area (Å²) in [7, 11) is 0. The molecular formula is C20H21ClN2O2S. The van der Waals surface area contributed by atoms with E-state index in [1.807, 2.05) is 38.3 Å². The zero-order chi connectivity index (χ0) is 18.8. The molecule has 1 atom stereocenters. The van der Waals surface area contributed by atoms with Crippen LogP contribution < -0.4 is 10.2 Å². The summed E-state index contributed by atoms with van der Waals surface area (Å²) in [6.07, 6.45) is 2.52. The highest BCUT2D eigenvalue weighted by Gasteiger charge is 2.34. The second kappa shape index (κ2) is 7.72. The van der Waals surface area contributed by atoms with Crippen LogP contribution in [0.2, 0.25) is 5.02 Å². The molecule has 1 aliphatic rings. The molecule has 1 fully saturated rings. The van der Waals surface area contributed by atoms with Gasteiger partial charge in [0.05, 0.1) is 10.6 Å². The third-order valence-corrected chi connectivity index (χ3v) is 5.50. The minimum atomic E-state index is -0.530. The van der Waals surface area contributed by atoms with Crippen molar-refractivity contribution in [3.8, 4) is 0 Å².